The molecular weight excluding hydrogens is 240 g/mol. The molecule has 0 aliphatic heterocycles. The van der Waals surface area contributed by atoms with Crippen molar-refractivity contribution in [1.82, 2.24) is 5.32 Å². The SMILES string of the molecule is Cc1cccc(NC(=O)CN[C@@H](C)c2ccco2)c1. The van der Waals surface area contributed by atoms with Crippen molar-refractivity contribution < 1.29 is 9.21 Å². The van der Waals surface area contributed by atoms with Crippen molar-refractivity contribution in [3.8, 4) is 0 Å². The first kappa shape index (κ1) is 13.4. The second kappa shape index (κ2) is 6.20. The Labute approximate surface area is 112 Å². The largest absolute Gasteiger partial charge is 0.468 e. The Morgan fingerprint density at radius 2 is 2.16 bits per heavy atom. The summed E-state index contributed by atoms with van der Waals surface area (Å²) in [7, 11) is 0. The summed E-state index contributed by atoms with van der Waals surface area (Å²) in [5, 5.41) is 5.97. The summed E-state index contributed by atoms with van der Waals surface area (Å²) in [6.45, 7) is 4.20. The van der Waals surface area contributed by atoms with Crippen LogP contribution < -0.4 is 10.6 Å². The molecule has 0 aliphatic carbocycles. The smallest absolute Gasteiger partial charge is 0.238 e. The number of hydrogen-bond donors (Lipinski definition) is 2. The molecule has 4 nitrogen and oxygen atoms in total. The standard InChI is InChI=1S/C15H18N2O2/c1-11-5-3-6-13(9-11)17-15(18)10-16-12(2)14-7-4-8-19-14/h3-9,12,16H,10H2,1-2H3,(H,17,18)/t12-/m0/s1. The minimum absolute atomic E-state index is 0.0123. The van der Waals surface area contributed by atoms with Gasteiger partial charge in [0.1, 0.15) is 5.76 Å². The maximum Gasteiger partial charge on any atom is 0.238 e. The topological polar surface area (TPSA) is 54.3 Å². The van der Waals surface area contributed by atoms with Crippen molar-refractivity contribution in [1.29, 1.82) is 0 Å². The molecular formula is C15H18N2O2. The molecule has 0 spiro atoms. The molecule has 0 fully saturated rings. The Hall–Kier alpha value is -2.07. The van der Waals surface area contributed by atoms with Crippen LogP contribution in [0.3, 0.4) is 0 Å². The maximum absolute atomic E-state index is 11.8. The van der Waals surface area contributed by atoms with E-state index in [9.17, 15) is 4.79 Å². The summed E-state index contributed by atoms with van der Waals surface area (Å²) in [6, 6.07) is 11.5. The van der Waals surface area contributed by atoms with E-state index in [1.54, 1.807) is 6.26 Å². The number of benzene rings is 1. The number of anilines is 1. The zero-order chi connectivity index (χ0) is 13.7. The molecule has 0 bridgehead atoms. The van der Waals surface area contributed by atoms with E-state index < -0.39 is 0 Å². The first-order valence-corrected chi connectivity index (χ1v) is 6.28. The van der Waals surface area contributed by atoms with Crippen LogP contribution in [0.1, 0.15) is 24.3 Å². The van der Waals surface area contributed by atoms with Crippen molar-refractivity contribution in [3.63, 3.8) is 0 Å². The number of aryl methyl sites for hydroxylation is 1. The number of amides is 1. The fourth-order valence-electron chi connectivity index (χ4n) is 1.81. The maximum atomic E-state index is 11.8. The summed E-state index contributed by atoms with van der Waals surface area (Å²) in [4.78, 5) is 11.8. The van der Waals surface area contributed by atoms with E-state index in [4.69, 9.17) is 4.42 Å². The lowest BCUT2D eigenvalue weighted by Crippen LogP contribution is -2.29. The highest BCUT2D eigenvalue weighted by Gasteiger charge is 2.09. The summed E-state index contributed by atoms with van der Waals surface area (Å²) < 4.78 is 5.27. The molecule has 19 heavy (non-hydrogen) atoms. The van der Waals surface area contributed by atoms with Crippen LogP contribution in [0.15, 0.2) is 47.1 Å². The molecule has 1 atom stereocenters. The van der Waals surface area contributed by atoms with E-state index in [1.807, 2.05) is 50.2 Å². The van der Waals surface area contributed by atoms with Gasteiger partial charge in [0.15, 0.2) is 0 Å². The molecule has 2 rings (SSSR count). The van der Waals surface area contributed by atoms with Crippen molar-refractivity contribution in [3.05, 3.63) is 54.0 Å². The fourth-order valence-corrected chi connectivity index (χ4v) is 1.81. The minimum atomic E-state index is -0.0657. The van der Waals surface area contributed by atoms with Gasteiger partial charge in [0, 0.05) is 5.69 Å². The average molecular weight is 258 g/mol. The Balaban J connectivity index is 1.82. The van der Waals surface area contributed by atoms with Gasteiger partial charge < -0.3 is 9.73 Å². The molecule has 0 radical (unpaired) electrons. The van der Waals surface area contributed by atoms with Gasteiger partial charge in [-0.15, -0.1) is 0 Å². The zero-order valence-corrected chi connectivity index (χ0v) is 11.1. The van der Waals surface area contributed by atoms with Crippen LogP contribution in [-0.2, 0) is 4.79 Å². The van der Waals surface area contributed by atoms with Crippen LogP contribution in [-0.4, -0.2) is 12.5 Å². The van der Waals surface area contributed by atoms with E-state index in [2.05, 4.69) is 10.6 Å². The summed E-state index contributed by atoms with van der Waals surface area (Å²) in [5.41, 5.74) is 1.94. The first-order valence-electron chi connectivity index (χ1n) is 6.28. The van der Waals surface area contributed by atoms with E-state index >= 15 is 0 Å². The summed E-state index contributed by atoms with van der Waals surface area (Å²) >= 11 is 0. The van der Waals surface area contributed by atoms with Crippen LogP contribution in [0.4, 0.5) is 5.69 Å². The molecule has 1 amide bonds. The van der Waals surface area contributed by atoms with Crippen LogP contribution in [0.2, 0.25) is 0 Å². The van der Waals surface area contributed by atoms with Gasteiger partial charge in [-0.1, -0.05) is 12.1 Å². The third-order valence-electron chi connectivity index (χ3n) is 2.84. The van der Waals surface area contributed by atoms with Crippen molar-refractivity contribution in [2.24, 2.45) is 0 Å². The van der Waals surface area contributed by atoms with Gasteiger partial charge in [0.05, 0.1) is 18.8 Å². The van der Waals surface area contributed by atoms with Gasteiger partial charge in [-0.3, -0.25) is 10.1 Å². The lowest BCUT2D eigenvalue weighted by Gasteiger charge is -2.11. The molecule has 1 aromatic carbocycles. The van der Waals surface area contributed by atoms with Gasteiger partial charge >= 0.3 is 0 Å². The van der Waals surface area contributed by atoms with Crippen molar-refractivity contribution in [2.45, 2.75) is 19.9 Å². The van der Waals surface area contributed by atoms with Gasteiger partial charge in [-0.25, -0.2) is 0 Å². The van der Waals surface area contributed by atoms with E-state index in [0.29, 0.717) is 0 Å². The van der Waals surface area contributed by atoms with Gasteiger partial charge in [0.25, 0.3) is 0 Å². The quantitative estimate of drug-likeness (QED) is 0.867. The summed E-state index contributed by atoms with van der Waals surface area (Å²) in [6.07, 6.45) is 1.63. The van der Waals surface area contributed by atoms with E-state index in [1.165, 1.54) is 0 Å². The number of carbonyl (C=O) groups is 1. The van der Waals surface area contributed by atoms with Crippen LogP contribution in [0, 0.1) is 6.92 Å². The van der Waals surface area contributed by atoms with Crippen molar-refractivity contribution in [2.75, 3.05) is 11.9 Å². The number of carbonyl (C=O) groups excluding carboxylic acids is 1. The molecule has 2 aromatic rings. The highest BCUT2D eigenvalue weighted by Crippen LogP contribution is 2.12. The van der Waals surface area contributed by atoms with E-state index in [0.717, 1.165) is 17.0 Å². The number of furan rings is 1. The zero-order valence-electron chi connectivity index (χ0n) is 11.1. The third kappa shape index (κ3) is 3.96. The van der Waals surface area contributed by atoms with E-state index in [-0.39, 0.29) is 18.5 Å². The molecule has 0 saturated carbocycles. The highest BCUT2D eigenvalue weighted by molar-refractivity contribution is 5.92. The molecule has 100 valence electrons. The lowest BCUT2D eigenvalue weighted by atomic mass is 10.2. The van der Waals surface area contributed by atoms with Crippen LogP contribution in [0.25, 0.3) is 0 Å². The lowest BCUT2D eigenvalue weighted by molar-refractivity contribution is -0.115. The summed E-state index contributed by atoms with van der Waals surface area (Å²) in [5.74, 6) is 0.757. The molecule has 0 saturated heterocycles. The Bertz CT molecular complexity index is 535. The van der Waals surface area contributed by atoms with Crippen LogP contribution >= 0.6 is 0 Å². The fraction of sp³-hybridized carbons (Fsp3) is 0.267. The predicted molar refractivity (Wildman–Crippen MR) is 74.9 cm³/mol. The van der Waals surface area contributed by atoms with Crippen LogP contribution in [0.5, 0.6) is 0 Å². The first-order chi connectivity index (χ1) is 9.15. The second-order valence-corrected chi connectivity index (χ2v) is 4.54. The third-order valence-corrected chi connectivity index (χ3v) is 2.84. The number of nitrogens with one attached hydrogen (secondary N) is 2. The monoisotopic (exact) mass is 258 g/mol. The van der Waals surface area contributed by atoms with Gasteiger partial charge in [-0.05, 0) is 43.7 Å². The number of rotatable bonds is 5. The average Bonchev–Trinajstić information content (AvgIpc) is 2.90. The second-order valence-electron chi connectivity index (χ2n) is 4.54. The van der Waals surface area contributed by atoms with Gasteiger partial charge in [-0.2, -0.15) is 0 Å². The Morgan fingerprint density at radius 1 is 1.32 bits per heavy atom. The molecule has 0 unspecified atom stereocenters. The highest BCUT2D eigenvalue weighted by atomic mass is 16.3. The Kier molecular flexibility index (Phi) is 4.36. The number of hydrogen-bond acceptors (Lipinski definition) is 3. The molecule has 4 heteroatoms. The van der Waals surface area contributed by atoms with Gasteiger partial charge in [0.2, 0.25) is 5.91 Å². The minimum Gasteiger partial charge on any atom is -0.468 e. The normalized spacial score (nSPS) is 12.1. The molecule has 1 aromatic heterocycles. The predicted octanol–water partition coefficient (Wildman–Crippen LogP) is 2.88. The molecule has 0 aliphatic rings. The Morgan fingerprint density at radius 3 is 2.84 bits per heavy atom. The van der Waals surface area contributed by atoms with Crippen molar-refractivity contribution >= 4 is 11.6 Å². The molecule has 1 heterocycles. The molecule has 2 N–H and O–H groups in total.